The van der Waals surface area contributed by atoms with Crippen molar-refractivity contribution in [3.05, 3.63) is 48.0 Å². The van der Waals surface area contributed by atoms with Crippen LogP contribution in [0.25, 0.3) is 0 Å². The van der Waals surface area contributed by atoms with E-state index in [0.29, 0.717) is 6.42 Å². The van der Waals surface area contributed by atoms with Gasteiger partial charge in [0.2, 0.25) is 5.91 Å². The molecule has 0 aromatic heterocycles. The number of alkyl carbamates (subject to hydrolysis) is 1. The van der Waals surface area contributed by atoms with Crippen LogP contribution >= 0.6 is 0 Å². The lowest BCUT2D eigenvalue weighted by Crippen LogP contribution is -2.50. The van der Waals surface area contributed by atoms with Crippen LogP contribution in [-0.4, -0.2) is 47.4 Å². The quantitative estimate of drug-likeness (QED) is 0.385. The number of esters is 1. The predicted octanol–water partition coefficient (Wildman–Crippen LogP) is 2.70. The van der Waals surface area contributed by atoms with Crippen molar-refractivity contribution in [2.24, 2.45) is 5.92 Å². The van der Waals surface area contributed by atoms with E-state index in [1.807, 2.05) is 44.2 Å². The third-order valence-corrected chi connectivity index (χ3v) is 3.92. The standard InChI is InChI=1S/C23H34N2O6/c1-16(2)13-19(25-22(29)30-15-17-9-7-6-8-10-17)21(28)24-18(14-26)11-12-20(27)31-23(3,4)5/h6-12,16,18-19,26H,13-15H2,1-5H3,(H,24,28)(H,25,29)/b12-11+/t18-,19+/m1/s1. The molecular formula is C23H34N2O6. The second-order valence-corrected chi connectivity index (χ2v) is 8.58. The van der Waals surface area contributed by atoms with Crippen molar-refractivity contribution < 1.29 is 29.0 Å². The fourth-order valence-electron chi connectivity index (χ4n) is 2.58. The molecule has 0 spiro atoms. The molecule has 8 heteroatoms. The van der Waals surface area contributed by atoms with Crippen molar-refractivity contribution in [2.45, 2.75) is 65.3 Å². The summed E-state index contributed by atoms with van der Waals surface area (Å²) in [5.41, 5.74) is 0.182. The van der Waals surface area contributed by atoms with Gasteiger partial charge in [-0.05, 0) is 38.7 Å². The molecule has 0 heterocycles. The molecule has 0 saturated heterocycles. The van der Waals surface area contributed by atoms with Gasteiger partial charge in [-0.1, -0.05) is 50.3 Å². The number of aliphatic hydroxyl groups is 1. The molecular weight excluding hydrogens is 400 g/mol. The Hall–Kier alpha value is -2.87. The van der Waals surface area contributed by atoms with Crippen LogP contribution in [0.3, 0.4) is 0 Å². The SMILES string of the molecule is CC(C)C[C@H](NC(=O)OCc1ccccc1)C(=O)N[C@H](/C=C/C(=O)OC(C)(C)C)CO. The fraction of sp³-hybridized carbons (Fsp3) is 0.522. The lowest BCUT2D eigenvalue weighted by Gasteiger charge is -2.22. The minimum absolute atomic E-state index is 0.0839. The Kier molecular flexibility index (Phi) is 10.8. The maximum Gasteiger partial charge on any atom is 0.408 e. The average Bonchev–Trinajstić information content (AvgIpc) is 2.68. The Bertz CT molecular complexity index is 740. The molecule has 172 valence electrons. The molecule has 2 amide bonds. The lowest BCUT2D eigenvalue weighted by molar-refractivity contribution is -0.148. The Morgan fingerprint density at radius 3 is 2.29 bits per heavy atom. The number of hydrogen-bond acceptors (Lipinski definition) is 6. The molecule has 0 unspecified atom stereocenters. The topological polar surface area (TPSA) is 114 Å². The number of amides is 2. The zero-order valence-corrected chi connectivity index (χ0v) is 18.9. The van der Waals surface area contributed by atoms with Crippen LogP contribution in [0.4, 0.5) is 4.79 Å². The van der Waals surface area contributed by atoms with Crippen molar-refractivity contribution >= 4 is 18.0 Å². The molecule has 1 aromatic rings. The average molecular weight is 435 g/mol. The second kappa shape index (κ2) is 12.7. The van der Waals surface area contributed by atoms with Crippen LogP contribution in [-0.2, 0) is 25.7 Å². The van der Waals surface area contributed by atoms with Crippen LogP contribution in [0.2, 0.25) is 0 Å². The van der Waals surface area contributed by atoms with Gasteiger partial charge in [-0.25, -0.2) is 9.59 Å². The molecule has 0 fully saturated rings. The number of nitrogens with one attached hydrogen (secondary N) is 2. The molecule has 0 aliphatic heterocycles. The molecule has 8 nitrogen and oxygen atoms in total. The van der Waals surface area contributed by atoms with Crippen molar-refractivity contribution in [1.29, 1.82) is 0 Å². The monoisotopic (exact) mass is 434 g/mol. The predicted molar refractivity (Wildman–Crippen MR) is 117 cm³/mol. The highest BCUT2D eigenvalue weighted by Gasteiger charge is 2.24. The first-order valence-electron chi connectivity index (χ1n) is 10.3. The van der Waals surface area contributed by atoms with Gasteiger partial charge in [0, 0.05) is 6.08 Å². The third kappa shape index (κ3) is 11.8. The highest BCUT2D eigenvalue weighted by Crippen LogP contribution is 2.09. The summed E-state index contributed by atoms with van der Waals surface area (Å²) < 4.78 is 10.4. The lowest BCUT2D eigenvalue weighted by atomic mass is 10.0. The molecule has 3 N–H and O–H groups in total. The van der Waals surface area contributed by atoms with Gasteiger partial charge in [0.1, 0.15) is 18.2 Å². The molecule has 2 atom stereocenters. The van der Waals surface area contributed by atoms with E-state index in [-0.39, 0.29) is 12.5 Å². The van der Waals surface area contributed by atoms with E-state index in [1.54, 1.807) is 20.8 Å². The third-order valence-electron chi connectivity index (χ3n) is 3.92. The second-order valence-electron chi connectivity index (χ2n) is 8.58. The molecule has 31 heavy (non-hydrogen) atoms. The highest BCUT2D eigenvalue weighted by molar-refractivity contribution is 5.86. The minimum atomic E-state index is -0.854. The summed E-state index contributed by atoms with van der Waals surface area (Å²) in [6.07, 6.45) is 2.17. The van der Waals surface area contributed by atoms with Crippen molar-refractivity contribution in [3.8, 4) is 0 Å². The Labute approximate surface area is 184 Å². The molecule has 1 rings (SSSR count). The van der Waals surface area contributed by atoms with Gasteiger partial charge in [0.25, 0.3) is 0 Å². The largest absolute Gasteiger partial charge is 0.457 e. The first-order chi connectivity index (χ1) is 14.5. The molecule has 0 aliphatic carbocycles. The number of hydrogen-bond donors (Lipinski definition) is 3. The summed E-state index contributed by atoms with van der Waals surface area (Å²) >= 11 is 0. The maximum absolute atomic E-state index is 12.7. The van der Waals surface area contributed by atoms with E-state index in [9.17, 15) is 19.5 Å². The van der Waals surface area contributed by atoms with Crippen LogP contribution in [0.5, 0.6) is 0 Å². The highest BCUT2D eigenvalue weighted by atomic mass is 16.6. The number of aliphatic hydroxyl groups excluding tert-OH is 1. The zero-order valence-electron chi connectivity index (χ0n) is 18.9. The summed E-state index contributed by atoms with van der Waals surface area (Å²) in [4.78, 5) is 36.7. The molecule has 0 radical (unpaired) electrons. The normalized spacial score (nSPS) is 13.5. The fourth-order valence-corrected chi connectivity index (χ4v) is 2.58. The van der Waals surface area contributed by atoms with Crippen molar-refractivity contribution in [2.75, 3.05) is 6.61 Å². The van der Waals surface area contributed by atoms with E-state index < -0.39 is 42.3 Å². The smallest absolute Gasteiger partial charge is 0.408 e. The summed E-state index contributed by atoms with van der Waals surface area (Å²) in [7, 11) is 0. The molecule has 0 aliphatic rings. The first kappa shape index (κ1) is 26.2. The van der Waals surface area contributed by atoms with Gasteiger partial charge in [0.05, 0.1) is 12.6 Å². The summed E-state index contributed by atoms with van der Waals surface area (Å²) in [6, 6.07) is 7.53. The molecule has 0 bridgehead atoms. The van der Waals surface area contributed by atoms with Crippen LogP contribution < -0.4 is 10.6 Å². The van der Waals surface area contributed by atoms with E-state index in [1.165, 1.54) is 6.08 Å². The van der Waals surface area contributed by atoms with Crippen LogP contribution in [0.15, 0.2) is 42.5 Å². The van der Waals surface area contributed by atoms with E-state index in [2.05, 4.69) is 10.6 Å². The zero-order chi connectivity index (χ0) is 23.4. The van der Waals surface area contributed by atoms with E-state index in [0.717, 1.165) is 11.6 Å². The van der Waals surface area contributed by atoms with E-state index in [4.69, 9.17) is 9.47 Å². The van der Waals surface area contributed by atoms with Crippen LogP contribution in [0, 0.1) is 5.92 Å². The van der Waals surface area contributed by atoms with Gasteiger partial charge < -0.3 is 25.2 Å². The summed E-state index contributed by atoms with van der Waals surface area (Å²) in [5, 5.41) is 14.7. The first-order valence-corrected chi connectivity index (χ1v) is 10.3. The Morgan fingerprint density at radius 1 is 1.10 bits per heavy atom. The Balaban J connectivity index is 2.68. The van der Waals surface area contributed by atoms with Crippen LogP contribution in [0.1, 0.15) is 46.6 Å². The summed E-state index contributed by atoms with van der Waals surface area (Å²) in [5.74, 6) is -0.949. The molecule has 1 aromatic carbocycles. The van der Waals surface area contributed by atoms with Gasteiger partial charge in [-0.3, -0.25) is 4.79 Å². The van der Waals surface area contributed by atoms with Crippen molar-refractivity contribution in [1.82, 2.24) is 10.6 Å². The van der Waals surface area contributed by atoms with Crippen molar-refractivity contribution in [3.63, 3.8) is 0 Å². The van der Waals surface area contributed by atoms with Gasteiger partial charge in [0.15, 0.2) is 0 Å². The maximum atomic E-state index is 12.7. The number of rotatable bonds is 10. The van der Waals surface area contributed by atoms with Gasteiger partial charge >= 0.3 is 12.1 Å². The van der Waals surface area contributed by atoms with E-state index >= 15 is 0 Å². The van der Waals surface area contributed by atoms with Gasteiger partial charge in [-0.2, -0.15) is 0 Å². The number of carbonyl (C=O) groups is 3. The number of carbonyl (C=O) groups excluding carboxylic acids is 3. The number of ether oxygens (including phenoxy) is 2. The van der Waals surface area contributed by atoms with Gasteiger partial charge in [-0.15, -0.1) is 0 Å². The summed E-state index contributed by atoms with van der Waals surface area (Å²) in [6.45, 7) is 8.72. The number of benzene rings is 1. The molecule has 0 saturated carbocycles. The Morgan fingerprint density at radius 2 is 1.74 bits per heavy atom. The minimum Gasteiger partial charge on any atom is -0.457 e.